The fraction of sp³-hybridized carbons (Fsp3) is 0.333. The van der Waals surface area contributed by atoms with Crippen LogP contribution in [0.3, 0.4) is 0 Å². The molecule has 1 aliphatic rings. The third kappa shape index (κ3) is 4.27. The Hall–Kier alpha value is -3.32. The lowest BCUT2D eigenvalue weighted by Crippen LogP contribution is -2.35. The van der Waals surface area contributed by atoms with Crippen molar-refractivity contribution in [2.45, 2.75) is 19.9 Å². The molecule has 1 fully saturated rings. The van der Waals surface area contributed by atoms with Crippen LogP contribution in [0, 0.1) is 13.8 Å². The fourth-order valence-corrected chi connectivity index (χ4v) is 3.77. The van der Waals surface area contributed by atoms with Gasteiger partial charge in [-0.25, -0.2) is 0 Å². The van der Waals surface area contributed by atoms with Gasteiger partial charge < -0.3 is 24.7 Å². The standard InChI is InChI=1S/C24H28N2O5/c1-14-6-7-15(2)17(12-14)22(28)20-21(16-8-9-18(27)19(13-16)31-5)26(11-10-25(3)4)24(30)23(20)29/h6-9,12-13,21,27-28H,10-11H2,1-5H3/b22-20+. The Labute approximate surface area is 182 Å². The lowest BCUT2D eigenvalue weighted by atomic mass is 9.93. The molecule has 1 atom stereocenters. The van der Waals surface area contributed by atoms with Crippen LogP contribution in [0.5, 0.6) is 11.5 Å². The minimum Gasteiger partial charge on any atom is -0.507 e. The summed E-state index contributed by atoms with van der Waals surface area (Å²) in [5, 5.41) is 21.2. The molecule has 3 rings (SSSR count). The van der Waals surface area contributed by atoms with E-state index in [2.05, 4.69) is 0 Å². The molecular weight excluding hydrogens is 396 g/mol. The Morgan fingerprint density at radius 3 is 2.48 bits per heavy atom. The van der Waals surface area contributed by atoms with E-state index in [0.29, 0.717) is 24.2 Å². The third-order valence-corrected chi connectivity index (χ3v) is 5.50. The van der Waals surface area contributed by atoms with E-state index in [9.17, 15) is 19.8 Å². The molecule has 0 aromatic heterocycles. The maximum Gasteiger partial charge on any atom is 0.295 e. The number of nitrogens with zero attached hydrogens (tertiary/aromatic N) is 2. The summed E-state index contributed by atoms with van der Waals surface area (Å²) in [4.78, 5) is 29.4. The summed E-state index contributed by atoms with van der Waals surface area (Å²) in [5.74, 6) is -1.42. The molecule has 0 spiro atoms. The maximum absolute atomic E-state index is 13.1. The SMILES string of the molecule is COc1cc(C2/C(=C(\O)c3cc(C)ccc3C)C(=O)C(=O)N2CCN(C)C)ccc1O. The number of phenolic OH excluding ortho intramolecular Hbond substituents is 1. The number of hydrogen-bond acceptors (Lipinski definition) is 6. The lowest BCUT2D eigenvalue weighted by Gasteiger charge is -2.27. The molecule has 1 heterocycles. The topological polar surface area (TPSA) is 90.3 Å². The van der Waals surface area contributed by atoms with E-state index >= 15 is 0 Å². The highest BCUT2D eigenvalue weighted by Crippen LogP contribution is 2.42. The highest BCUT2D eigenvalue weighted by atomic mass is 16.5. The van der Waals surface area contributed by atoms with E-state index in [1.807, 2.05) is 45.0 Å². The maximum atomic E-state index is 13.1. The van der Waals surface area contributed by atoms with Crippen molar-refractivity contribution in [3.63, 3.8) is 0 Å². The highest BCUT2D eigenvalue weighted by molar-refractivity contribution is 6.46. The lowest BCUT2D eigenvalue weighted by molar-refractivity contribution is -0.140. The summed E-state index contributed by atoms with van der Waals surface area (Å²) in [6.45, 7) is 4.58. The molecule has 164 valence electrons. The van der Waals surface area contributed by atoms with Gasteiger partial charge in [-0.3, -0.25) is 9.59 Å². The molecule has 7 heteroatoms. The van der Waals surface area contributed by atoms with Gasteiger partial charge in [0, 0.05) is 18.7 Å². The minimum atomic E-state index is -0.797. The predicted octanol–water partition coefficient (Wildman–Crippen LogP) is 3.00. The van der Waals surface area contributed by atoms with Crippen LogP contribution in [0.1, 0.15) is 28.3 Å². The van der Waals surface area contributed by atoms with Gasteiger partial charge in [0.2, 0.25) is 0 Å². The first-order valence-electron chi connectivity index (χ1n) is 10.0. The van der Waals surface area contributed by atoms with Crippen LogP contribution < -0.4 is 4.74 Å². The molecule has 1 unspecified atom stereocenters. The quantitative estimate of drug-likeness (QED) is 0.421. The van der Waals surface area contributed by atoms with Crippen molar-refractivity contribution >= 4 is 17.4 Å². The zero-order valence-corrected chi connectivity index (χ0v) is 18.5. The van der Waals surface area contributed by atoms with Crippen molar-refractivity contribution in [2.24, 2.45) is 0 Å². The van der Waals surface area contributed by atoms with Crippen molar-refractivity contribution < 1.29 is 24.5 Å². The van der Waals surface area contributed by atoms with Gasteiger partial charge in [0.15, 0.2) is 11.5 Å². The summed E-state index contributed by atoms with van der Waals surface area (Å²) < 4.78 is 5.22. The number of carbonyl (C=O) groups excluding carboxylic acids is 2. The van der Waals surface area contributed by atoms with Crippen LogP contribution in [0.4, 0.5) is 0 Å². The van der Waals surface area contributed by atoms with E-state index in [1.54, 1.807) is 18.2 Å². The van der Waals surface area contributed by atoms with Crippen molar-refractivity contribution in [1.29, 1.82) is 0 Å². The number of aliphatic hydroxyl groups excluding tert-OH is 1. The summed E-state index contributed by atoms with van der Waals surface area (Å²) >= 11 is 0. The van der Waals surface area contributed by atoms with Crippen molar-refractivity contribution in [3.8, 4) is 11.5 Å². The molecule has 2 aromatic carbocycles. The molecule has 2 N–H and O–H groups in total. The molecule has 0 saturated carbocycles. The van der Waals surface area contributed by atoms with Gasteiger partial charge in [0.25, 0.3) is 11.7 Å². The number of ether oxygens (including phenoxy) is 1. The number of Topliss-reactive ketones (excluding diaryl/α,β-unsaturated/α-hetero) is 1. The normalized spacial score (nSPS) is 18.1. The molecule has 0 radical (unpaired) electrons. The Morgan fingerprint density at radius 1 is 1.13 bits per heavy atom. The van der Waals surface area contributed by atoms with E-state index in [4.69, 9.17) is 4.74 Å². The first kappa shape index (κ1) is 22.4. The molecule has 7 nitrogen and oxygen atoms in total. The minimum absolute atomic E-state index is 0.0326. The van der Waals surface area contributed by atoms with Crippen molar-refractivity contribution in [3.05, 3.63) is 64.2 Å². The van der Waals surface area contributed by atoms with Gasteiger partial charge in [0.05, 0.1) is 18.7 Å². The Balaban J connectivity index is 2.23. The number of likely N-dealkylation sites (tertiary alicyclic amines) is 1. The largest absolute Gasteiger partial charge is 0.507 e. The van der Waals surface area contributed by atoms with E-state index in [0.717, 1.165) is 11.1 Å². The Bertz CT molecular complexity index is 1060. The number of rotatable bonds is 6. The zero-order valence-electron chi connectivity index (χ0n) is 18.5. The van der Waals surface area contributed by atoms with Crippen LogP contribution in [-0.2, 0) is 9.59 Å². The molecule has 1 saturated heterocycles. The summed E-state index contributed by atoms with van der Waals surface area (Å²) in [7, 11) is 5.19. The number of hydrogen-bond donors (Lipinski definition) is 2. The number of aryl methyl sites for hydroxylation is 2. The molecule has 1 aliphatic heterocycles. The number of ketones is 1. The second kappa shape index (κ2) is 8.81. The Morgan fingerprint density at radius 2 is 1.84 bits per heavy atom. The monoisotopic (exact) mass is 424 g/mol. The van der Waals surface area contributed by atoms with Gasteiger partial charge in [-0.1, -0.05) is 23.8 Å². The summed E-state index contributed by atoms with van der Waals surface area (Å²) in [6, 6.07) is 9.47. The number of likely N-dealkylation sites (N-methyl/N-ethyl adjacent to an activating group) is 1. The van der Waals surface area contributed by atoms with Gasteiger partial charge in [-0.2, -0.15) is 0 Å². The third-order valence-electron chi connectivity index (χ3n) is 5.50. The number of aromatic hydroxyl groups is 1. The van der Waals surface area contributed by atoms with Crippen LogP contribution in [-0.4, -0.2) is 66.0 Å². The number of carbonyl (C=O) groups is 2. The summed E-state index contributed by atoms with van der Waals surface area (Å²) in [5.41, 5.74) is 2.84. The second-order valence-corrected chi connectivity index (χ2v) is 8.05. The number of phenols is 1. The van der Waals surface area contributed by atoms with Gasteiger partial charge >= 0.3 is 0 Å². The molecule has 0 bridgehead atoms. The predicted molar refractivity (Wildman–Crippen MR) is 118 cm³/mol. The zero-order chi connectivity index (χ0) is 22.9. The summed E-state index contributed by atoms with van der Waals surface area (Å²) in [6.07, 6.45) is 0. The first-order valence-corrected chi connectivity index (χ1v) is 10.0. The molecule has 0 aliphatic carbocycles. The van der Waals surface area contributed by atoms with E-state index < -0.39 is 17.7 Å². The first-order chi connectivity index (χ1) is 14.6. The number of amides is 1. The molecule has 2 aromatic rings. The van der Waals surface area contributed by atoms with Gasteiger partial charge in [-0.15, -0.1) is 0 Å². The van der Waals surface area contributed by atoms with Gasteiger partial charge in [-0.05, 0) is 57.3 Å². The highest BCUT2D eigenvalue weighted by Gasteiger charge is 2.46. The Kier molecular flexibility index (Phi) is 6.36. The smallest absolute Gasteiger partial charge is 0.295 e. The fourth-order valence-electron chi connectivity index (χ4n) is 3.77. The van der Waals surface area contributed by atoms with E-state index in [1.165, 1.54) is 18.1 Å². The number of aliphatic hydroxyl groups is 1. The molecular formula is C24H28N2O5. The van der Waals surface area contributed by atoms with Crippen LogP contribution in [0.2, 0.25) is 0 Å². The van der Waals surface area contributed by atoms with Crippen LogP contribution >= 0.6 is 0 Å². The molecule has 1 amide bonds. The van der Waals surface area contributed by atoms with Crippen molar-refractivity contribution in [2.75, 3.05) is 34.3 Å². The van der Waals surface area contributed by atoms with Crippen LogP contribution in [0.15, 0.2) is 42.0 Å². The second-order valence-electron chi connectivity index (χ2n) is 8.05. The molecule has 31 heavy (non-hydrogen) atoms. The van der Waals surface area contributed by atoms with Gasteiger partial charge in [0.1, 0.15) is 5.76 Å². The average molecular weight is 424 g/mol. The van der Waals surface area contributed by atoms with E-state index in [-0.39, 0.29) is 22.8 Å². The van der Waals surface area contributed by atoms with Crippen LogP contribution in [0.25, 0.3) is 5.76 Å². The average Bonchev–Trinajstić information content (AvgIpc) is 2.98. The van der Waals surface area contributed by atoms with Crippen molar-refractivity contribution in [1.82, 2.24) is 9.80 Å². The number of benzene rings is 2. The number of methoxy groups -OCH3 is 1.